The largest absolute Gasteiger partial charge is 0.364 e. The Morgan fingerprint density at radius 1 is 1.15 bits per heavy atom. The van der Waals surface area contributed by atoms with Gasteiger partial charge in [-0.25, -0.2) is 4.98 Å². The van der Waals surface area contributed by atoms with Gasteiger partial charge in [0.25, 0.3) is 0 Å². The fourth-order valence-electron chi connectivity index (χ4n) is 2.83. The van der Waals surface area contributed by atoms with Gasteiger partial charge in [0.2, 0.25) is 5.95 Å². The Morgan fingerprint density at radius 2 is 1.95 bits per heavy atom. The maximum absolute atomic E-state index is 4.67. The summed E-state index contributed by atoms with van der Waals surface area (Å²) in [6.07, 6.45) is 4.92. The van der Waals surface area contributed by atoms with E-state index in [4.69, 9.17) is 0 Å². The molecule has 0 unspecified atom stereocenters. The van der Waals surface area contributed by atoms with E-state index in [-0.39, 0.29) is 5.54 Å². The molecule has 4 nitrogen and oxygen atoms in total. The van der Waals surface area contributed by atoms with E-state index in [1.54, 1.807) is 0 Å². The summed E-state index contributed by atoms with van der Waals surface area (Å²) in [7, 11) is 0. The maximum atomic E-state index is 4.67. The van der Waals surface area contributed by atoms with Crippen LogP contribution < -0.4 is 10.6 Å². The highest BCUT2D eigenvalue weighted by Crippen LogP contribution is 2.39. The van der Waals surface area contributed by atoms with Crippen molar-refractivity contribution in [2.75, 3.05) is 17.2 Å². The van der Waals surface area contributed by atoms with E-state index in [2.05, 4.69) is 40.5 Å². The van der Waals surface area contributed by atoms with Gasteiger partial charge in [0.05, 0.1) is 5.52 Å². The molecule has 0 radical (unpaired) electrons. The SMILES string of the molecule is CCNc1nc(NC2(CC)CCC2)c2ccccc2n1. The number of aromatic nitrogens is 2. The molecule has 1 aliphatic carbocycles. The first-order valence-electron chi connectivity index (χ1n) is 7.55. The number of fused-ring (bicyclic) bond motifs is 1. The summed E-state index contributed by atoms with van der Waals surface area (Å²) in [6, 6.07) is 8.20. The lowest BCUT2D eigenvalue weighted by molar-refractivity contribution is 0.269. The number of hydrogen-bond donors (Lipinski definition) is 2. The molecule has 3 rings (SSSR count). The molecule has 20 heavy (non-hydrogen) atoms. The second-order valence-electron chi connectivity index (χ2n) is 5.56. The average molecular weight is 270 g/mol. The molecule has 0 spiro atoms. The first kappa shape index (κ1) is 13.2. The lowest BCUT2D eigenvalue weighted by atomic mass is 9.75. The second-order valence-corrected chi connectivity index (χ2v) is 5.56. The highest BCUT2D eigenvalue weighted by Gasteiger charge is 2.35. The summed E-state index contributed by atoms with van der Waals surface area (Å²) in [5.74, 6) is 1.67. The van der Waals surface area contributed by atoms with Gasteiger partial charge < -0.3 is 10.6 Å². The number of benzene rings is 1. The molecule has 0 bridgehead atoms. The molecular weight excluding hydrogens is 248 g/mol. The summed E-state index contributed by atoms with van der Waals surface area (Å²) < 4.78 is 0. The molecule has 0 amide bonds. The molecule has 0 aliphatic heterocycles. The van der Waals surface area contributed by atoms with Crippen molar-refractivity contribution in [2.45, 2.75) is 45.1 Å². The summed E-state index contributed by atoms with van der Waals surface area (Å²) >= 11 is 0. The fraction of sp³-hybridized carbons (Fsp3) is 0.500. The normalized spacial score (nSPS) is 16.7. The van der Waals surface area contributed by atoms with Gasteiger partial charge in [-0.05, 0) is 44.7 Å². The first-order chi connectivity index (χ1) is 9.76. The van der Waals surface area contributed by atoms with Gasteiger partial charge in [-0.1, -0.05) is 19.1 Å². The first-order valence-corrected chi connectivity index (χ1v) is 7.55. The van der Waals surface area contributed by atoms with Crippen LogP contribution in [0.1, 0.15) is 39.5 Å². The minimum atomic E-state index is 0.237. The van der Waals surface area contributed by atoms with Crippen molar-refractivity contribution in [2.24, 2.45) is 0 Å². The third kappa shape index (κ3) is 2.30. The van der Waals surface area contributed by atoms with Crippen LogP contribution in [0, 0.1) is 0 Å². The zero-order valence-electron chi connectivity index (χ0n) is 12.2. The van der Waals surface area contributed by atoms with Crippen molar-refractivity contribution < 1.29 is 0 Å². The van der Waals surface area contributed by atoms with Crippen LogP contribution in [-0.4, -0.2) is 22.1 Å². The summed E-state index contributed by atoms with van der Waals surface area (Å²) in [5, 5.41) is 8.02. The third-order valence-electron chi connectivity index (χ3n) is 4.31. The molecule has 1 fully saturated rings. The number of anilines is 2. The Hall–Kier alpha value is -1.84. The van der Waals surface area contributed by atoms with Crippen molar-refractivity contribution in [3.63, 3.8) is 0 Å². The smallest absolute Gasteiger partial charge is 0.225 e. The molecule has 106 valence electrons. The van der Waals surface area contributed by atoms with Crippen LogP contribution in [0.25, 0.3) is 10.9 Å². The maximum Gasteiger partial charge on any atom is 0.225 e. The molecule has 1 heterocycles. The van der Waals surface area contributed by atoms with E-state index >= 15 is 0 Å². The minimum absolute atomic E-state index is 0.237. The van der Waals surface area contributed by atoms with Crippen LogP contribution in [0.3, 0.4) is 0 Å². The monoisotopic (exact) mass is 270 g/mol. The summed E-state index contributed by atoms with van der Waals surface area (Å²) in [6.45, 7) is 5.14. The minimum Gasteiger partial charge on any atom is -0.364 e. The van der Waals surface area contributed by atoms with Gasteiger partial charge in [-0.15, -0.1) is 0 Å². The van der Waals surface area contributed by atoms with E-state index in [1.165, 1.54) is 19.3 Å². The van der Waals surface area contributed by atoms with Gasteiger partial charge in [0.1, 0.15) is 5.82 Å². The highest BCUT2D eigenvalue weighted by molar-refractivity contribution is 5.90. The van der Waals surface area contributed by atoms with Gasteiger partial charge >= 0.3 is 0 Å². The molecule has 1 saturated carbocycles. The van der Waals surface area contributed by atoms with Crippen molar-refractivity contribution >= 4 is 22.7 Å². The second kappa shape index (κ2) is 5.27. The molecule has 0 saturated heterocycles. The Balaban J connectivity index is 2.02. The van der Waals surface area contributed by atoms with Gasteiger partial charge in [0.15, 0.2) is 0 Å². The zero-order valence-corrected chi connectivity index (χ0v) is 12.2. The number of rotatable bonds is 5. The van der Waals surface area contributed by atoms with Crippen LogP contribution in [-0.2, 0) is 0 Å². The van der Waals surface area contributed by atoms with Gasteiger partial charge in [0, 0.05) is 17.5 Å². The predicted molar refractivity (Wildman–Crippen MR) is 84.2 cm³/mol. The average Bonchev–Trinajstić information content (AvgIpc) is 2.43. The van der Waals surface area contributed by atoms with Gasteiger partial charge in [-0.3, -0.25) is 0 Å². The predicted octanol–water partition coefficient (Wildman–Crippen LogP) is 3.81. The molecule has 1 aliphatic rings. The molecule has 2 aromatic rings. The third-order valence-corrected chi connectivity index (χ3v) is 4.31. The van der Waals surface area contributed by atoms with Crippen LogP contribution in [0.15, 0.2) is 24.3 Å². The summed E-state index contributed by atoms with van der Waals surface area (Å²) in [5.41, 5.74) is 1.23. The lowest BCUT2D eigenvalue weighted by Crippen LogP contribution is -2.44. The lowest BCUT2D eigenvalue weighted by Gasteiger charge is -2.42. The molecular formula is C16H22N4. The van der Waals surface area contributed by atoms with Crippen molar-refractivity contribution in [3.8, 4) is 0 Å². The number of nitrogens with zero attached hydrogens (tertiary/aromatic N) is 2. The quantitative estimate of drug-likeness (QED) is 0.867. The molecule has 2 N–H and O–H groups in total. The Bertz CT molecular complexity index is 599. The standard InChI is InChI=1S/C16H22N4/c1-3-16(10-7-11-16)20-14-12-8-5-6-9-13(12)18-15(19-14)17-4-2/h5-6,8-9H,3-4,7,10-11H2,1-2H3,(H2,17,18,19,20). The molecule has 4 heteroatoms. The van der Waals surface area contributed by atoms with Crippen LogP contribution in [0.4, 0.5) is 11.8 Å². The van der Waals surface area contributed by atoms with E-state index < -0.39 is 0 Å². The van der Waals surface area contributed by atoms with Crippen LogP contribution in [0.5, 0.6) is 0 Å². The Kier molecular flexibility index (Phi) is 3.47. The number of hydrogen-bond acceptors (Lipinski definition) is 4. The van der Waals surface area contributed by atoms with Crippen molar-refractivity contribution in [1.29, 1.82) is 0 Å². The number of nitrogens with one attached hydrogen (secondary N) is 2. The summed E-state index contributed by atoms with van der Waals surface area (Å²) in [4.78, 5) is 9.24. The molecule has 0 atom stereocenters. The zero-order chi connectivity index (χ0) is 14.0. The Labute approximate surface area is 120 Å². The number of para-hydroxylation sites is 1. The van der Waals surface area contributed by atoms with E-state index in [1.807, 2.05) is 18.2 Å². The highest BCUT2D eigenvalue weighted by atomic mass is 15.2. The topological polar surface area (TPSA) is 49.8 Å². The molecule has 1 aromatic heterocycles. The van der Waals surface area contributed by atoms with Gasteiger partial charge in [-0.2, -0.15) is 4.98 Å². The fourth-order valence-corrected chi connectivity index (χ4v) is 2.83. The van der Waals surface area contributed by atoms with E-state index in [0.717, 1.165) is 29.7 Å². The van der Waals surface area contributed by atoms with E-state index in [9.17, 15) is 0 Å². The van der Waals surface area contributed by atoms with Crippen LogP contribution >= 0.6 is 0 Å². The van der Waals surface area contributed by atoms with Crippen LogP contribution in [0.2, 0.25) is 0 Å². The molecule has 1 aromatic carbocycles. The Morgan fingerprint density at radius 3 is 2.60 bits per heavy atom. The van der Waals surface area contributed by atoms with Crippen molar-refractivity contribution in [1.82, 2.24) is 9.97 Å². The van der Waals surface area contributed by atoms with E-state index in [0.29, 0.717) is 5.95 Å². The van der Waals surface area contributed by atoms with Crippen molar-refractivity contribution in [3.05, 3.63) is 24.3 Å².